The maximum atomic E-state index is 12.2. The molecule has 0 N–H and O–H groups in total. The van der Waals surface area contributed by atoms with Crippen molar-refractivity contribution in [3.63, 3.8) is 0 Å². The molecule has 0 unspecified atom stereocenters. The van der Waals surface area contributed by atoms with Crippen molar-refractivity contribution >= 4 is 44.3 Å². The van der Waals surface area contributed by atoms with E-state index in [2.05, 4.69) is 29.3 Å². The molecule has 1 heterocycles. The van der Waals surface area contributed by atoms with Gasteiger partial charge in [0.1, 0.15) is 0 Å². The lowest BCUT2D eigenvalue weighted by atomic mass is 10.1. The van der Waals surface area contributed by atoms with Crippen molar-refractivity contribution in [3.05, 3.63) is 83.2 Å². The van der Waals surface area contributed by atoms with Crippen LogP contribution in [0.25, 0.3) is 27.1 Å². The molecule has 4 rings (SSSR count). The van der Waals surface area contributed by atoms with Crippen LogP contribution >= 0.6 is 11.3 Å². The van der Waals surface area contributed by atoms with Crippen LogP contribution in [0.3, 0.4) is 0 Å². The van der Waals surface area contributed by atoms with Gasteiger partial charge in [-0.25, -0.2) is 0 Å². The van der Waals surface area contributed by atoms with Crippen LogP contribution in [-0.4, -0.2) is 10.5 Å². The van der Waals surface area contributed by atoms with E-state index in [4.69, 9.17) is 0 Å². The minimum absolute atomic E-state index is 0.254. The third-order valence-corrected chi connectivity index (χ3v) is 5.31. The molecule has 4 aromatic rings. The molecule has 3 aromatic carbocycles. The second-order valence-electron chi connectivity index (χ2n) is 5.77. The number of fused-ring (bicyclic) bond motifs is 3. The lowest BCUT2D eigenvalue weighted by Gasteiger charge is -1.99. The molecule has 0 aliphatic heterocycles. The van der Waals surface area contributed by atoms with E-state index >= 15 is 0 Å². The Morgan fingerprint density at radius 1 is 1.00 bits per heavy atom. The largest absolute Gasteiger partial charge is 0.319 e. The van der Waals surface area contributed by atoms with E-state index < -0.39 is 0 Å². The zero-order valence-electron chi connectivity index (χ0n) is 13.7. The van der Waals surface area contributed by atoms with Crippen LogP contribution in [0.1, 0.15) is 5.56 Å². The fourth-order valence-electron chi connectivity index (χ4n) is 2.83. The average molecular weight is 344 g/mol. The van der Waals surface area contributed by atoms with Gasteiger partial charge in [0, 0.05) is 18.5 Å². The summed E-state index contributed by atoms with van der Waals surface area (Å²) in [5.74, 6) is -0.254. The minimum atomic E-state index is -0.254. The van der Waals surface area contributed by atoms with Gasteiger partial charge < -0.3 is 4.57 Å². The van der Waals surface area contributed by atoms with Crippen molar-refractivity contribution in [2.45, 2.75) is 0 Å². The third kappa shape index (κ3) is 3.04. The fourth-order valence-corrected chi connectivity index (χ4v) is 3.99. The summed E-state index contributed by atoms with van der Waals surface area (Å²) >= 11 is 1.54. The van der Waals surface area contributed by atoms with Crippen molar-refractivity contribution in [2.75, 3.05) is 0 Å². The lowest BCUT2D eigenvalue weighted by Crippen LogP contribution is -2.12. The summed E-state index contributed by atoms with van der Waals surface area (Å²) in [6, 6.07) is 22.2. The van der Waals surface area contributed by atoms with Crippen LogP contribution in [0.2, 0.25) is 0 Å². The standard InChI is InChI=1S/C21H16N2OS/c1-23-18-13-12-16-9-5-6-10-17(16)20(18)25-21(23)22-19(24)14-11-15-7-3-2-4-8-15/h2-14H,1H3. The monoisotopic (exact) mass is 344 g/mol. The van der Waals surface area contributed by atoms with Gasteiger partial charge in [-0.2, -0.15) is 4.99 Å². The molecule has 0 aliphatic rings. The number of hydrogen-bond donors (Lipinski definition) is 0. The van der Waals surface area contributed by atoms with Gasteiger partial charge in [-0.15, -0.1) is 0 Å². The van der Waals surface area contributed by atoms with E-state index in [1.165, 1.54) is 16.8 Å². The Kier molecular flexibility index (Phi) is 4.04. The van der Waals surface area contributed by atoms with Gasteiger partial charge in [0.25, 0.3) is 5.91 Å². The fraction of sp³-hybridized carbons (Fsp3) is 0.0476. The van der Waals surface area contributed by atoms with Crippen molar-refractivity contribution in [1.29, 1.82) is 0 Å². The Labute approximate surface area is 149 Å². The number of benzene rings is 3. The van der Waals surface area contributed by atoms with Gasteiger partial charge in [0.15, 0.2) is 4.80 Å². The Bertz CT molecular complexity index is 1170. The molecule has 0 fully saturated rings. The zero-order chi connectivity index (χ0) is 17.2. The molecule has 0 bridgehead atoms. The van der Waals surface area contributed by atoms with Crippen molar-refractivity contribution in [3.8, 4) is 0 Å². The van der Waals surface area contributed by atoms with Crippen molar-refractivity contribution in [2.24, 2.45) is 12.0 Å². The Morgan fingerprint density at radius 3 is 2.60 bits per heavy atom. The Balaban J connectivity index is 1.77. The van der Waals surface area contributed by atoms with Crippen molar-refractivity contribution in [1.82, 2.24) is 4.57 Å². The molecule has 1 aromatic heterocycles. The van der Waals surface area contributed by atoms with E-state index in [0.29, 0.717) is 4.80 Å². The quantitative estimate of drug-likeness (QED) is 0.492. The van der Waals surface area contributed by atoms with Crippen LogP contribution in [0.15, 0.2) is 77.8 Å². The SMILES string of the molecule is Cn1c(=NC(=O)C=Cc2ccccc2)sc2c3ccccc3ccc21. The first kappa shape index (κ1) is 15.5. The number of nitrogens with zero attached hydrogens (tertiary/aromatic N) is 2. The van der Waals surface area contributed by atoms with Crippen LogP contribution in [0.4, 0.5) is 0 Å². The summed E-state index contributed by atoms with van der Waals surface area (Å²) in [4.78, 5) is 17.2. The molecule has 1 amide bonds. The highest BCUT2D eigenvalue weighted by Gasteiger charge is 2.07. The molecule has 4 heteroatoms. The molecule has 0 saturated heterocycles. The summed E-state index contributed by atoms with van der Waals surface area (Å²) in [6.45, 7) is 0. The number of thiazole rings is 1. The number of carbonyl (C=O) groups is 1. The highest BCUT2D eigenvalue weighted by Crippen LogP contribution is 2.26. The normalized spacial score (nSPS) is 12.4. The zero-order valence-corrected chi connectivity index (χ0v) is 14.5. The second-order valence-corrected chi connectivity index (χ2v) is 6.75. The second kappa shape index (κ2) is 6.49. The van der Waals surface area contributed by atoms with Crippen molar-refractivity contribution < 1.29 is 4.79 Å². The summed E-state index contributed by atoms with van der Waals surface area (Å²) in [5, 5.41) is 2.38. The van der Waals surface area contributed by atoms with Gasteiger partial charge >= 0.3 is 0 Å². The van der Waals surface area contributed by atoms with Crippen LogP contribution in [0, 0.1) is 0 Å². The van der Waals surface area contributed by atoms with Gasteiger partial charge in [0.2, 0.25) is 0 Å². The molecule has 122 valence electrons. The highest BCUT2D eigenvalue weighted by molar-refractivity contribution is 7.17. The maximum Gasteiger partial charge on any atom is 0.272 e. The van der Waals surface area contributed by atoms with Gasteiger partial charge in [-0.3, -0.25) is 4.79 Å². The summed E-state index contributed by atoms with van der Waals surface area (Å²) in [6.07, 6.45) is 3.30. The number of aryl methyl sites for hydroxylation is 1. The van der Waals surface area contributed by atoms with Gasteiger partial charge in [-0.1, -0.05) is 72.0 Å². The maximum absolute atomic E-state index is 12.2. The predicted molar refractivity (Wildman–Crippen MR) is 104 cm³/mol. The molecule has 25 heavy (non-hydrogen) atoms. The lowest BCUT2D eigenvalue weighted by molar-refractivity contribution is -0.113. The molecule has 0 aliphatic carbocycles. The smallest absolute Gasteiger partial charge is 0.272 e. The van der Waals surface area contributed by atoms with Gasteiger partial charge in [0.05, 0.1) is 10.2 Å². The number of hydrogen-bond acceptors (Lipinski definition) is 2. The molecule has 3 nitrogen and oxygen atoms in total. The summed E-state index contributed by atoms with van der Waals surface area (Å²) in [7, 11) is 1.95. The van der Waals surface area contributed by atoms with Gasteiger partial charge in [-0.05, 0) is 23.1 Å². The number of rotatable bonds is 2. The molecule has 0 radical (unpaired) electrons. The van der Waals surface area contributed by atoms with E-state index in [1.54, 1.807) is 17.4 Å². The average Bonchev–Trinajstić information content (AvgIpc) is 2.97. The Morgan fingerprint density at radius 2 is 1.76 bits per heavy atom. The van der Waals surface area contributed by atoms with Crippen LogP contribution < -0.4 is 4.80 Å². The van der Waals surface area contributed by atoms with E-state index in [1.807, 2.05) is 54.1 Å². The highest BCUT2D eigenvalue weighted by atomic mass is 32.1. The van der Waals surface area contributed by atoms with E-state index in [-0.39, 0.29) is 5.91 Å². The molecular weight excluding hydrogens is 328 g/mol. The number of amides is 1. The Hall–Kier alpha value is -2.98. The summed E-state index contributed by atoms with van der Waals surface area (Å²) in [5.41, 5.74) is 2.07. The first-order chi connectivity index (χ1) is 12.2. The van der Waals surface area contributed by atoms with E-state index in [9.17, 15) is 4.79 Å². The predicted octanol–water partition coefficient (Wildman–Crippen LogP) is 4.53. The molecule has 0 spiro atoms. The topological polar surface area (TPSA) is 34.4 Å². The molecular formula is C21H16N2OS. The first-order valence-electron chi connectivity index (χ1n) is 8.01. The third-order valence-electron chi connectivity index (χ3n) is 4.12. The minimum Gasteiger partial charge on any atom is -0.319 e. The molecule has 0 atom stereocenters. The van der Waals surface area contributed by atoms with Crippen LogP contribution in [-0.2, 0) is 11.8 Å². The number of aromatic nitrogens is 1. The van der Waals surface area contributed by atoms with Crippen LogP contribution in [0.5, 0.6) is 0 Å². The number of carbonyl (C=O) groups excluding carboxylic acids is 1. The van der Waals surface area contributed by atoms with E-state index in [0.717, 1.165) is 15.8 Å². The first-order valence-corrected chi connectivity index (χ1v) is 8.83. The summed E-state index contributed by atoms with van der Waals surface area (Å²) < 4.78 is 3.12. The molecule has 0 saturated carbocycles.